The molecule has 1 aliphatic carbocycles. The van der Waals surface area contributed by atoms with Gasteiger partial charge in [-0.3, -0.25) is 4.79 Å². The first kappa shape index (κ1) is 12.8. The fourth-order valence-corrected chi connectivity index (χ4v) is 2.92. The van der Waals surface area contributed by atoms with Crippen LogP contribution in [0, 0.1) is 5.92 Å². The molecule has 4 heteroatoms. The molecular formula is C13H24N2O2. The molecular weight excluding hydrogens is 216 g/mol. The van der Waals surface area contributed by atoms with Crippen LogP contribution in [0.3, 0.4) is 0 Å². The Morgan fingerprint density at radius 1 is 1.41 bits per heavy atom. The van der Waals surface area contributed by atoms with E-state index < -0.39 is 0 Å². The first-order chi connectivity index (χ1) is 8.14. The Balaban J connectivity index is 1.79. The number of rotatable bonds is 3. The first-order valence-corrected chi connectivity index (χ1v) is 6.81. The quantitative estimate of drug-likeness (QED) is 0.683. The number of aliphatic hydroxyl groups is 1. The van der Waals surface area contributed by atoms with Gasteiger partial charge in [0.1, 0.15) is 0 Å². The largest absolute Gasteiger partial charge is 0.396 e. The van der Waals surface area contributed by atoms with Crippen molar-refractivity contribution in [3.05, 3.63) is 0 Å². The molecule has 1 amide bonds. The van der Waals surface area contributed by atoms with Crippen molar-refractivity contribution in [2.24, 2.45) is 5.92 Å². The minimum Gasteiger partial charge on any atom is -0.396 e. The molecule has 1 unspecified atom stereocenters. The van der Waals surface area contributed by atoms with Crippen molar-refractivity contribution < 1.29 is 9.90 Å². The lowest BCUT2D eigenvalue weighted by molar-refractivity contribution is -0.127. The Labute approximate surface area is 103 Å². The number of hydrogen-bond acceptors (Lipinski definition) is 3. The van der Waals surface area contributed by atoms with Gasteiger partial charge in [0.05, 0.1) is 5.54 Å². The highest BCUT2D eigenvalue weighted by Crippen LogP contribution is 2.25. The van der Waals surface area contributed by atoms with Crippen LogP contribution in [-0.2, 0) is 4.79 Å². The first-order valence-electron chi connectivity index (χ1n) is 6.81. The molecule has 0 aromatic heterocycles. The molecule has 0 aromatic carbocycles. The van der Waals surface area contributed by atoms with Crippen LogP contribution in [0.25, 0.3) is 0 Å². The van der Waals surface area contributed by atoms with Gasteiger partial charge in [-0.15, -0.1) is 0 Å². The van der Waals surface area contributed by atoms with Gasteiger partial charge in [-0.25, -0.2) is 0 Å². The summed E-state index contributed by atoms with van der Waals surface area (Å²) in [6.07, 6.45) is 6.10. The fourth-order valence-electron chi connectivity index (χ4n) is 2.92. The second kappa shape index (κ2) is 5.36. The molecule has 2 rings (SSSR count). The van der Waals surface area contributed by atoms with Crippen molar-refractivity contribution in [3.8, 4) is 0 Å². The van der Waals surface area contributed by atoms with Crippen LogP contribution in [0.15, 0.2) is 0 Å². The van der Waals surface area contributed by atoms with Gasteiger partial charge in [-0.1, -0.05) is 0 Å². The molecule has 4 nitrogen and oxygen atoms in total. The predicted octanol–water partition coefficient (Wildman–Crippen LogP) is 0.796. The van der Waals surface area contributed by atoms with E-state index in [4.69, 9.17) is 5.11 Å². The predicted molar refractivity (Wildman–Crippen MR) is 66.6 cm³/mol. The summed E-state index contributed by atoms with van der Waals surface area (Å²) >= 11 is 0. The maximum Gasteiger partial charge on any atom is 0.240 e. The Morgan fingerprint density at radius 3 is 2.65 bits per heavy atom. The standard InChI is InChI=1S/C13H24N2O2/c1-13(7-2-8-14-13)12(17)15-11-5-3-10(9-16)4-6-11/h10-11,14,16H,2-9H2,1H3,(H,15,17). The van der Waals surface area contributed by atoms with Crippen LogP contribution in [0.2, 0.25) is 0 Å². The lowest BCUT2D eigenvalue weighted by atomic mass is 9.86. The van der Waals surface area contributed by atoms with E-state index in [9.17, 15) is 4.79 Å². The number of hydrogen-bond donors (Lipinski definition) is 3. The van der Waals surface area contributed by atoms with E-state index in [1.165, 1.54) is 0 Å². The Bertz CT molecular complexity index is 267. The minimum absolute atomic E-state index is 0.155. The second-order valence-electron chi connectivity index (χ2n) is 5.74. The molecule has 1 atom stereocenters. The Morgan fingerprint density at radius 2 is 2.12 bits per heavy atom. The van der Waals surface area contributed by atoms with E-state index in [0.29, 0.717) is 18.6 Å². The molecule has 3 N–H and O–H groups in total. The normalized spacial score (nSPS) is 38.0. The summed E-state index contributed by atoms with van der Waals surface area (Å²) in [7, 11) is 0. The summed E-state index contributed by atoms with van der Waals surface area (Å²) in [5, 5.41) is 15.5. The molecule has 1 aliphatic heterocycles. The average molecular weight is 240 g/mol. The van der Waals surface area contributed by atoms with E-state index in [-0.39, 0.29) is 11.4 Å². The van der Waals surface area contributed by atoms with Crippen LogP contribution < -0.4 is 10.6 Å². The van der Waals surface area contributed by atoms with Crippen molar-refractivity contribution in [3.63, 3.8) is 0 Å². The lowest BCUT2D eigenvalue weighted by Gasteiger charge is -2.31. The molecule has 17 heavy (non-hydrogen) atoms. The van der Waals surface area contributed by atoms with E-state index >= 15 is 0 Å². The number of aliphatic hydroxyl groups excluding tert-OH is 1. The topological polar surface area (TPSA) is 61.4 Å². The highest BCUT2D eigenvalue weighted by atomic mass is 16.3. The summed E-state index contributed by atoms with van der Waals surface area (Å²) in [6, 6.07) is 0.310. The lowest BCUT2D eigenvalue weighted by Crippen LogP contribution is -2.54. The van der Waals surface area contributed by atoms with Crippen LogP contribution in [0.5, 0.6) is 0 Å². The van der Waals surface area contributed by atoms with Crippen LogP contribution >= 0.6 is 0 Å². The molecule has 98 valence electrons. The molecule has 0 spiro atoms. The van der Waals surface area contributed by atoms with Crippen molar-refractivity contribution in [2.75, 3.05) is 13.2 Å². The molecule has 2 aliphatic rings. The van der Waals surface area contributed by atoms with E-state index in [2.05, 4.69) is 10.6 Å². The van der Waals surface area contributed by atoms with Gasteiger partial charge in [0.25, 0.3) is 0 Å². The molecule has 0 aromatic rings. The molecule has 0 bridgehead atoms. The summed E-state index contributed by atoms with van der Waals surface area (Å²) in [5.41, 5.74) is -0.353. The van der Waals surface area contributed by atoms with Crippen molar-refractivity contribution in [1.82, 2.24) is 10.6 Å². The fraction of sp³-hybridized carbons (Fsp3) is 0.923. The van der Waals surface area contributed by atoms with Gasteiger partial charge >= 0.3 is 0 Å². The zero-order valence-electron chi connectivity index (χ0n) is 10.7. The van der Waals surface area contributed by atoms with Gasteiger partial charge < -0.3 is 15.7 Å². The summed E-state index contributed by atoms with van der Waals surface area (Å²) in [5.74, 6) is 0.603. The van der Waals surface area contributed by atoms with Crippen LogP contribution in [-0.4, -0.2) is 35.7 Å². The smallest absolute Gasteiger partial charge is 0.240 e. The maximum atomic E-state index is 12.2. The van der Waals surface area contributed by atoms with Crippen molar-refractivity contribution >= 4 is 5.91 Å². The second-order valence-corrected chi connectivity index (χ2v) is 5.74. The van der Waals surface area contributed by atoms with Crippen LogP contribution in [0.4, 0.5) is 0 Å². The van der Waals surface area contributed by atoms with Gasteiger partial charge in [0, 0.05) is 12.6 Å². The SMILES string of the molecule is CC1(C(=O)NC2CCC(CO)CC2)CCCN1. The average Bonchev–Trinajstić information content (AvgIpc) is 2.78. The monoisotopic (exact) mass is 240 g/mol. The summed E-state index contributed by atoms with van der Waals surface area (Å²) < 4.78 is 0. The molecule has 1 saturated heterocycles. The third kappa shape index (κ3) is 2.99. The van der Waals surface area contributed by atoms with E-state index in [0.717, 1.165) is 45.1 Å². The number of amides is 1. The van der Waals surface area contributed by atoms with Crippen LogP contribution in [0.1, 0.15) is 45.4 Å². The van der Waals surface area contributed by atoms with E-state index in [1.54, 1.807) is 0 Å². The van der Waals surface area contributed by atoms with Gasteiger partial charge in [0.2, 0.25) is 5.91 Å². The third-order valence-corrected chi connectivity index (χ3v) is 4.31. The zero-order chi connectivity index (χ0) is 12.3. The van der Waals surface area contributed by atoms with Crippen molar-refractivity contribution in [2.45, 2.75) is 57.0 Å². The molecule has 1 heterocycles. The van der Waals surface area contributed by atoms with Gasteiger partial charge in [-0.2, -0.15) is 0 Å². The Kier molecular flexibility index (Phi) is 4.05. The number of carbonyl (C=O) groups is 1. The van der Waals surface area contributed by atoms with Gasteiger partial charge in [0.15, 0.2) is 0 Å². The third-order valence-electron chi connectivity index (χ3n) is 4.31. The van der Waals surface area contributed by atoms with E-state index in [1.807, 2.05) is 6.92 Å². The molecule has 1 saturated carbocycles. The molecule has 2 fully saturated rings. The van der Waals surface area contributed by atoms with Crippen molar-refractivity contribution in [1.29, 1.82) is 0 Å². The highest BCUT2D eigenvalue weighted by Gasteiger charge is 2.37. The molecule has 0 radical (unpaired) electrons. The summed E-state index contributed by atoms with van der Waals surface area (Å²) in [4.78, 5) is 12.2. The number of nitrogens with one attached hydrogen (secondary N) is 2. The Hall–Kier alpha value is -0.610. The highest BCUT2D eigenvalue weighted by molar-refractivity contribution is 5.86. The number of carbonyl (C=O) groups excluding carboxylic acids is 1. The maximum absolute atomic E-state index is 12.2. The summed E-state index contributed by atoms with van der Waals surface area (Å²) in [6.45, 7) is 3.23. The zero-order valence-corrected chi connectivity index (χ0v) is 10.7. The van der Waals surface area contributed by atoms with Gasteiger partial charge in [-0.05, 0) is 57.9 Å². The minimum atomic E-state index is -0.353.